The summed E-state index contributed by atoms with van der Waals surface area (Å²) in [4.78, 5) is 25.1. The lowest BCUT2D eigenvalue weighted by Crippen LogP contribution is -2.58. The average molecular weight is 853 g/mol. The number of primary sulfonamides is 1. The van der Waals surface area contributed by atoms with Gasteiger partial charge in [0, 0.05) is 57.3 Å². The predicted octanol–water partition coefficient (Wildman–Crippen LogP) is 4.47. The van der Waals surface area contributed by atoms with Crippen LogP contribution in [0.1, 0.15) is 81.6 Å². The number of hydrogen-bond acceptors (Lipinski definition) is 11. The molecule has 4 N–H and O–H groups in total. The molecule has 10 rings (SSSR count). The number of nitrogens with two attached hydrogens (primary N) is 1. The number of carbonyl (C=O) groups is 1. The minimum absolute atomic E-state index is 0.398. The predicted molar refractivity (Wildman–Crippen MR) is 228 cm³/mol. The second kappa shape index (κ2) is 18.0. The van der Waals surface area contributed by atoms with Crippen molar-refractivity contribution in [1.29, 1.82) is 5.26 Å². The van der Waals surface area contributed by atoms with E-state index in [0.717, 1.165) is 87.0 Å². The molecule has 4 aromatic rings. The Labute approximate surface area is 352 Å². The molecule has 2 amide bonds. The lowest BCUT2D eigenvalue weighted by Gasteiger charge is -2.38. The van der Waals surface area contributed by atoms with E-state index < -0.39 is 36.6 Å². The van der Waals surface area contributed by atoms with Crippen molar-refractivity contribution in [3.05, 3.63) is 117 Å². The first-order valence-corrected chi connectivity index (χ1v) is 24.1. The molecule has 316 valence electrons. The lowest BCUT2D eigenvalue weighted by atomic mass is 9.99. The Bertz CT molecular complexity index is 2420. The van der Waals surface area contributed by atoms with Crippen molar-refractivity contribution in [3.63, 3.8) is 0 Å². The summed E-state index contributed by atoms with van der Waals surface area (Å²) in [5.41, 5.74) is 13.1. The Morgan fingerprint density at radius 1 is 0.700 bits per heavy atom. The highest BCUT2D eigenvalue weighted by atomic mass is 32.2. The fraction of sp³-hybridized carbons (Fsp3) is 0.455. The van der Waals surface area contributed by atoms with Crippen LogP contribution in [-0.2, 0) is 84.5 Å². The summed E-state index contributed by atoms with van der Waals surface area (Å²) in [6, 6.07) is 15.4. The van der Waals surface area contributed by atoms with E-state index in [1.54, 1.807) is 12.4 Å². The Morgan fingerprint density at radius 3 is 1.58 bits per heavy atom. The molecule has 2 aliphatic heterocycles. The molecule has 2 aromatic carbocycles. The van der Waals surface area contributed by atoms with Crippen LogP contribution in [0.3, 0.4) is 0 Å². The molecule has 0 spiro atoms. The second-order valence-corrected chi connectivity index (χ2v) is 20.4. The van der Waals surface area contributed by atoms with E-state index in [1.807, 2.05) is 52.5 Å². The number of amides is 2. The normalized spacial score (nSPS) is 18.2. The van der Waals surface area contributed by atoms with Crippen molar-refractivity contribution < 1.29 is 26.4 Å². The van der Waals surface area contributed by atoms with E-state index in [4.69, 9.17) is 15.1 Å². The van der Waals surface area contributed by atoms with Gasteiger partial charge in [-0.25, -0.2) is 31.5 Å². The number of aromatic nitrogens is 2. The molecular formula is C44H52N8O6S2. The van der Waals surface area contributed by atoms with Gasteiger partial charge >= 0.3 is 6.03 Å². The van der Waals surface area contributed by atoms with Gasteiger partial charge in [0.2, 0.25) is 20.0 Å². The first kappa shape index (κ1) is 41.8. The van der Waals surface area contributed by atoms with Crippen molar-refractivity contribution >= 4 is 31.8 Å². The van der Waals surface area contributed by atoms with Gasteiger partial charge in [-0.2, -0.15) is 0 Å². The molecule has 16 heteroatoms. The van der Waals surface area contributed by atoms with Crippen LogP contribution in [0.25, 0.3) is 0 Å². The zero-order valence-electron chi connectivity index (χ0n) is 33.7. The van der Waals surface area contributed by atoms with Crippen LogP contribution >= 0.6 is 0 Å². The van der Waals surface area contributed by atoms with Gasteiger partial charge in [-0.15, -0.1) is 5.26 Å². The number of ether oxygens (including phenoxy) is 1. The molecule has 4 aliphatic carbocycles. The van der Waals surface area contributed by atoms with Crippen LogP contribution in [0.2, 0.25) is 0 Å². The molecule has 0 unspecified atom stereocenters. The lowest BCUT2D eigenvalue weighted by molar-refractivity contribution is 0.173. The highest BCUT2D eigenvalue weighted by Gasteiger charge is 2.39. The van der Waals surface area contributed by atoms with E-state index >= 15 is 0 Å². The van der Waals surface area contributed by atoms with Crippen molar-refractivity contribution in [2.75, 3.05) is 31.5 Å². The van der Waals surface area contributed by atoms with E-state index in [2.05, 4.69) is 32.1 Å². The number of carbonyl (C=O) groups excluding carboxylic acids is 1. The summed E-state index contributed by atoms with van der Waals surface area (Å²) in [6.45, 7) is 3.11. The molecule has 0 bridgehead atoms. The van der Waals surface area contributed by atoms with Crippen LogP contribution in [0, 0.1) is 11.5 Å². The number of aryl methyl sites for hydroxylation is 4. The van der Waals surface area contributed by atoms with E-state index in [1.165, 1.54) is 57.3 Å². The van der Waals surface area contributed by atoms with Gasteiger partial charge < -0.3 is 10.1 Å². The first-order valence-electron chi connectivity index (χ1n) is 20.9. The molecule has 0 atom stereocenters. The Kier molecular flexibility index (Phi) is 12.5. The number of urea groups is 1. The fourth-order valence-corrected chi connectivity index (χ4v) is 11.5. The Hall–Kier alpha value is -4.92. The number of rotatable bonds is 9. The van der Waals surface area contributed by atoms with Crippen LogP contribution in [-0.4, -0.2) is 79.3 Å². The standard InChI is InChI=1S/C22H26N4O3S.C13H13NO.C9H13N3O2S/c27-22(24-21-19-8-3-5-15(19)11-16-6-4-9-20(16)21)25-30(28,29)18-13-26(14-18)12-17-7-1-2-10-23-17;14-8-15-13-11-5-1-3-9(11)7-10-4-2-6-12(10)13;10-15(13,14)9-6-12(7-9)5-8-3-1-2-4-11-8/h1-2,7,10-11,18H,3-6,8-9,12-14H2,(H2,24,25,27);7H,1-6H2;1-4,9H,5-7H2,(H2,10,13,14). The van der Waals surface area contributed by atoms with Gasteiger partial charge in [-0.3, -0.25) is 19.8 Å². The van der Waals surface area contributed by atoms with Crippen molar-refractivity contribution in [2.45, 2.75) is 101 Å². The van der Waals surface area contributed by atoms with Gasteiger partial charge in [-0.05, 0) is 146 Å². The third kappa shape index (κ3) is 9.50. The summed E-state index contributed by atoms with van der Waals surface area (Å²) in [6.07, 6.45) is 18.3. The number of sulfonamides is 2. The number of fused-ring (bicyclic) bond motifs is 4. The zero-order valence-corrected chi connectivity index (χ0v) is 35.4. The number of nitrogens with zero attached hydrogens (tertiary/aromatic N) is 5. The quantitative estimate of drug-likeness (QED) is 0.201. The van der Waals surface area contributed by atoms with Crippen LogP contribution in [0.5, 0.6) is 5.75 Å². The monoisotopic (exact) mass is 852 g/mol. The van der Waals surface area contributed by atoms with Crippen molar-refractivity contribution in [3.8, 4) is 12.0 Å². The van der Waals surface area contributed by atoms with E-state index in [9.17, 15) is 21.6 Å². The maximum absolute atomic E-state index is 12.7. The number of benzene rings is 2. The maximum atomic E-state index is 12.7. The van der Waals surface area contributed by atoms with Crippen molar-refractivity contribution in [1.82, 2.24) is 24.5 Å². The van der Waals surface area contributed by atoms with Gasteiger partial charge in [0.25, 0.3) is 6.26 Å². The highest BCUT2D eigenvalue weighted by Crippen LogP contribution is 2.40. The van der Waals surface area contributed by atoms with E-state index in [-0.39, 0.29) is 0 Å². The van der Waals surface area contributed by atoms with E-state index in [0.29, 0.717) is 39.3 Å². The number of hydrogen-bond donors (Lipinski definition) is 3. The molecule has 14 nitrogen and oxygen atoms in total. The van der Waals surface area contributed by atoms with Crippen LogP contribution in [0.15, 0.2) is 60.9 Å². The minimum Gasteiger partial charge on any atom is -0.387 e. The van der Waals surface area contributed by atoms with Gasteiger partial charge in [0.1, 0.15) is 16.2 Å². The molecule has 0 radical (unpaired) electrons. The topological polar surface area (TPSA) is 201 Å². The van der Waals surface area contributed by atoms with Gasteiger partial charge in [0.15, 0.2) is 0 Å². The molecule has 4 heterocycles. The zero-order chi connectivity index (χ0) is 41.9. The Morgan fingerprint density at radius 2 is 1.15 bits per heavy atom. The summed E-state index contributed by atoms with van der Waals surface area (Å²) < 4.78 is 54.7. The smallest absolute Gasteiger partial charge is 0.332 e. The number of nitrogens with one attached hydrogen (secondary N) is 2. The van der Waals surface area contributed by atoms with Gasteiger partial charge in [-0.1, -0.05) is 24.3 Å². The first-order chi connectivity index (χ1) is 28.9. The average Bonchev–Trinajstić information content (AvgIpc) is 4.03. The summed E-state index contributed by atoms with van der Waals surface area (Å²) >= 11 is 0. The molecule has 2 fully saturated rings. The maximum Gasteiger partial charge on any atom is 0.332 e. The molecule has 2 saturated heterocycles. The fourth-order valence-electron chi connectivity index (χ4n) is 9.40. The van der Waals surface area contributed by atoms with Crippen LogP contribution in [0.4, 0.5) is 10.5 Å². The van der Waals surface area contributed by atoms with Crippen molar-refractivity contribution in [2.24, 2.45) is 5.14 Å². The summed E-state index contributed by atoms with van der Waals surface area (Å²) in [5.74, 6) is 0.903. The van der Waals surface area contributed by atoms with Crippen LogP contribution < -0.4 is 19.9 Å². The van der Waals surface area contributed by atoms with Gasteiger partial charge in [0.05, 0.1) is 11.4 Å². The summed E-state index contributed by atoms with van der Waals surface area (Å²) in [5, 5.41) is 15.7. The molecule has 60 heavy (non-hydrogen) atoms. The SMILES string of the molecule is N#COc1c2c(cc3c1CCC3)CCC2.NS(=O)(=O)C1CN(Cc2ccccn2)C1.O=C(Nc1c2c(cc3c1CCC3)CCC2)NS(=O)(=O)C1CN(Cc2ccccn2)C1. The number of pyridine rings is 2. The Balaban J connectivity index is 0.000000139. The highest BCUT2D eigenvalue weighted by molar-refractivity contribution is 7.90. The second-order valence-electron chi connectivity index (χ2n) is 16.6. The third-order valence-electron chi connectivity index (χ3n) is 12.5. The number of anilines is 1. The minimum atomic E-state index is -3.72. The third-order valence-corrected chi connectivity index (χ3v) is 15.4. The largest absolute Gasteiger partial charge is 0.387 e. The number of nitriles is 1. The molecule has 6 aliphatic rings. The molecular weight excluding hydrogens is 801 g/mol. The molecule has 2 aromatic heterocycles. The number of likely N-dealkylation sites (tertiary alicyclic amines) is 2. The molecule has 0 saturated carbocycles. The summed E-state index contributed by atoms with van der Waals surface area (Å²) in [7, 11) is -7.07.